The predicted octanol–water partition coefficient (Wildman–Crippen LogP) is 3.32. The summed E-state index contributed by atoms with van der Waals surface area (Å²) in [5.74, 6) is -1.33. The number of hydrogen-bond acceptors (Lipinski definition) is 6. The minimum atomic E-state index is -0.791. The molecule has 33 heavy (non-hydrogen) atoms. The van der Waals surface area contributed by atoms with Gasteiger partial charge >= 0.3 is 0 Å². The molecule has 0 saturated heterocycles. The van der Waals surface area contributed by atoms with E-state index in [2.05, 4.69) is 9.69 Å². The van der Waals surface area contributed by atoms with Crippen molar-refractivity contribution in [1.29, 1.82) is 0 Å². The number of carbonyl (C=O) groups excluding carboxylic acids is 3. The maximum Gasteiger partial charge on any atom is 0.270 e. The highest BCUT2D eigenvalue weighted by molar-refractivity contribution is 7.09. The molecular weight excluding hydrogens is 438 g/mol. The molecule has 8 nitrogen and oxygen atoms in total. The number of nitrogens with two attached hydrogens (primary N) is 2. The first kappa shape index (κ1) is 23.2. The Morgan fingerprint density at radius 2 is 1.67 bits per heavy atom. The number of aromatic nitrogens is 1. The Morgan fingerprint density at radius 3 is 2.24 bits per heavy atom. The number of nitrogens with one attached hydrogen (secondary N) is 1. The van der Waals surface area contributed by atoms with Crippen LogP contribution < -0.4 is 16.8 Å². The van der Waals surface area contributed by atoms with Crippen LogP contribution in [0.1, 0.15) is 88.7 Å². The molecule has 0 bridgehead atoms. The van der Waals surface area contributed by atoms with Gasteiger partial charge in [-0.2, -0.15) is 4.37 Å². The molecule has 2 aromatic rings. The molecule has 1 aromatic heterocycles. The maximum atomic E-state index is 13.9. The van der Waals surface area contributed by atoms with Crippen molar-refractivity contribution in [3.63, 3.8) is 0 Å². The Morgan fingerprint density at radius 1 is 1.06 bits per heavy atom. The number of nitrogens with zero attached hydrogens (tertiary/aromatic N) is 2. The van der Waals surface area contributed by atoms with Crippen molar-refractivity contribution >= 4 is 34.9 Å². The lowest BCUT2D eigenvalue weighted by Crippen LogP contribution is -2.49. The molecule has 2 aliphatic rings. The van der Waals surface area contributed by atoms with Gasteiger partial charge in [0, 0.05) is 12.1 Å². The highest BCUT2D eigenvalue weighted by Gasteiger charge is 2.40. The van der Waals surface area contributed by atoms with E-state index in [9.17, 15) is 14.4 Å². The summed E-state index contributed by atoms with van der Waals surface area (Å²) >= 11 is 0.861. The van der Waals surface area contributed by atoms with E-state index < -0.39 is 11.9 Å². The van der Waals surface area contributed by atoms with E-state index in [4.69, 9.17) is 11.5 Å². The summed E-state index contributed by atoms with van der Waals surface area (Å²) in [7, 11) is 0. The molecule has 5 N–H and O–H groups in total. The molecule has 2 fully saturated rings. The van der Waals surface area contributed by atoms with E-state index in [1.54, 1.807) is 4.90 Å². The van der Waals surface area contributed by atoms with Crippen molar-refractivity contribution in [1.82, 2.24) is 14.6 Å². The average Bonchev–Trinajstić information content (AvgIpc) is 3.54. The lowest BCUT2D eigenvalue weighted by atomic mass is 9.99. The minimum absolute atomic E-state index is 0.0145. The number of amides is 3. The molecule has 2 saturated carbocycles. The molecule has 0 spiro atoms. The quantitative estimate of drug-likeness (QED) is 0.572. The zero-order valence-electron chi connectivity index (χ0n) is 18.9. The monoisotopic (exact) mass is 469 g/mol. The van der Waals surface area contributed by atoms with Crippen molar-refractivity contribution < 1.29 is 14.4 Å². The fraction of sp³-hybridized carbons (Fsp3) is 0.500. The van der Waals surface area contributed by atoms with Gasteiger partial charge in [-0.15, -0.1) is 0 Å². The van der Waals surface area contributed by atoms with Gasteiger partial charge in [0.05, 0.1) is 5.69 Å². The largest absolute Gasteiger partial charge is 0.395 e. The van der Waals surface area contributed by atoms with Gasteiger partial charge in [-0.25, -0.2) is 0 Å². The van der Waals surface area contributed by atoms with Crippen LogP contribution in [-0.4, -0.2) is 39.1 Å². The molecule has 1 aromatic carbocycles. The zero-order valence-corrected chi connectivity index (χ0v) is 19.7. The third kappa shape index (κ3) is 4.88. The average molecular weight is 470 g/mol. The molecule has 0 aliphatic heterocycles. The molecule has 2 aliphatic carbocycles. The summed E-state index contributed by atoms with van der Waals surface area (Å²) in [6, 6.07) is 6.96. The second-order valence-corrected chi connectivity index (χ2v) is 9.87. The van der Waals surface area contributed by atoms with Crippen LogP contribution in [-0.2, 0) is 4.79 Å². The summed E-state index contributed by atoms with van der Waals surface area (Å²) < 4.78 is 4.01. The highest BCUT2D eigenvalue weighted by Crippen LogP contribution is 2.36. The van der Waals surface area contributed by atoms with Gasteiger partial charge in [0.1, 0.15) is 10.9 Å². The van der Waals surface area contributed by atoms with Gasteiger partial charge in [0.2, 0.25) is 5.91 Å². The maximum absolute atomic E-state index is 13.9. The third-order valence-electron chi connectivity index (χ3n) is 6.73. The second kappa shape index (κ2) is 9.91. The van der Waals surface area contributed by atoms with Crippen LogP contribution in [0.15, 0.2) is 24.3 Å². The van der Waals surface area contributed by atoms with Crippen LogP contribution in [0.4, 0.5) is 5.69 Å². The molecule has 3 amide bonds. The number of rotatable bonds is 7. The van der Waals surface area contributed by atoms with Crippen LogP contribution >= 0.6 is 11.5 Å². The molecular formula is C24H31N5O3S. The van der Waals surface area contributed by atoms with Gasteiger partial charge in [0.25, 0.3) is 11.8 Å². The molecule has 1 atom stereocenters. The summed E-state index contributed by atoms with van der Waals surface area (Å²) in [6.45, 7) is 1.99. The molecule has 9 heteroatoms. The van der Waals surface area contributed by atoms with Gasteiger partial charge in [0.15, 0.2) is 5.69 Å². The zero-order chi connectivity index (χ0) is 23.5. The lowest BCUT2D eigenvalue weighted by Gasteiger charge is -2.36. The molecule has 1 heterocycles. The number of benzene rings is 1. The van der Waals surface area contributed by atoms with Crippen molar-refractivity contribution in [2.24, 2.45) is 5.73 Å². The molecule has 176 valence electrons. The van der Waals surface area contributed by atoms with Crippen LogP contribution in [0.25, 0.3) is 0 Å². The Bertz CT molecular complexity index is 1020. The van der Waals surface area contributed by atoms with Gasteiger partial charge in [-0.05, 0) is 49.7 Å². The lowest BCUT2D eigenvalue weighted by molar-refractivity contribution is -0.127. The second-order valence-electron chi connectivity index (χ2n) is 9.09. The first-order valence-corrected chi connectivity index (χ1v) is 12.4. The van der Waals surface area contributed by atoms with Crippen LogP contribution in [0.3, 0.4) is 0 Å². The Hall–Kier alpha value is -2.94. The van der Waals surface area contributed by atoms with Crippen molar-refractivity contribution in [3.05, 3.63) is 46.0 Å². The van der Waals surface area contributed by atoms with E-state index in [1.807, 2.05) is 31.2 Å². The van der Waals surface area contributed by atoms with Crippen molar-refractivity contribution in [3.8, 4) is 0 Å². The molecule has 0 radical (unpaired) electrons. The van der Waals surface area contributed by atoms with E-state index in [0.717, 1.165) is 74.0 Å². The van der Waals surface area contributed by atoms with Gasteiger partial charge < -0.3 is 21.7 Å². The third-order valence-corrected chi connectivity index (χ3v) is 7.58. The minimum Gasteiger partial charge on any atom is -0.395 e. The normalized spacial score (nSPS) is 17.7. The number of primary amides is 1. The van der Waals surface area contributed by atoms with Gasteiger partial charge in [-0.3, -0.25) is 14.4 Å². The smallest absolute Gasteiger partial charge is 0.270 e. The van der Waals surface area contributed by atoms with Crippen LogP contribution in [0.5, 0.6) is 0 Å². The van der Waals surface area contributed by atoms with Gasteiger partial charge in [-0.1, -0.05) is 55.5 Å². The highest BCUT2D eigenvalue weighted by atomic mass is 32.1. The molecule has 4 rings (SSSR count). The Kier molecular flexibility index (Phi) is 6.97. The fourth-order valence-electron chi connectivity index (χ4n) is 4.96. The number of carbonyl (C=O) groups is 3. The van der Waals surface area contributed by atoms with Crippen LogP contribution in [0.2, 0.25) is 0 Å². The standard InChI is InChI=1S/C24H31N5O3S/c1-14-10-12-15(13-11-14)20(23(31)27-16-6-2-3-7-16)29(17-8-4-5-9-17)24(32)21-18(25)19(22(26)30)28-33-21/h10-13,16-17,20H,2-9,25H2,1H3,(H2,26,30)(H,27,31)/t20-/m0/s1. The Labute approximate surface area is 197 Å². The Balaban J connectivity index is 1.76. The van der Waals surface area contributed by atoms with E-state index in [1.165, 1.54) is 0 Å². The van der Waals surface area contributed by atoms with E-state index in [0.29, 0.717) is 0 Å². The number of anilines is 1. The number of aryl methyl sites for hydroxylation is 1. The summed E-state index contributed by atoms with van der Waals surface area (Å²) in [5, 5.41) is 3.19. The number of nitrogen functional groups attached to an aromatic ring is 1. The van der Waals surface area contributed by atoms with Crippen molar-refractivity contribution in [2.75, 3.05) is 5.73 Å². The van der Waals surface area contributed by atoms with E-state index >= 15 is 0 Å². The van der Waals surface area contributed by atoms with Crippen molar-refractivity contribution in [2.45, 2.75) is 76.4 Å². The van der Waals surface area contributed by atoms with Crippen LogP contribution in [0, 0.1) is 6.92 Å². The topological polar surface area (TPSA) is 131 Å². The first-order valence-electron chi connectivity index (χ1n) is 11.6. The summed E-state index contributed by atoms with van der Waals surface area (Å²) in [6.07, 6.45) is 7.70. The fourth-order valence-corrected chi connectivity index (χ4v) is 5.71. The summed E-state index contributed by atoms with van der Waals surface area (Å²) in [4.78, 5) is 41.1. The number of hydrogen-bond donors (Lipinski definition) is 3. The summed E-state index contributed by atoms with van der Waals surface area (Å²) in [5.41, 5.74) is 13.2. The SMILES string of the molecule is Cc1ccc([C@@H](C(=O)NC2CCCC2)N(C(=O)c2snc(C(N)=O)c2N)C2CCCC2)cc1. The first-order chi connectivity index (χ1) is 15.9. The van der Waals surface area contributed by atoms with E-state index in [-0.39, 0.29) is 40.2 Å². The predicted molar refractivity (Wildman–Crippen MR) is 128 cm³/mol. The molecule has 0 unspecified atom stereocenters.